The molecule has 4 heteroatoms. The van der Waals surface area contributed by atoms with Crippen LogP contribution in [0, 0.1) is 0 Å². The lowest BCUT2D eigenvalue weighted by Crippen LogP contribution is -1.96. The fraction of sp³-hybridized carbons (Fsp3) is 0.0270. The van der Waals surface area contributed by atoms with Crippen LogP contribution >= 0.6 is 0 Å². The van der Waals surface area contributed by atoms with Crippen molar-refractivity contribution < 1.29 is 8.83 Å². The van der Waals surface area contributed by atoms with Crippen molar-refractivity contribution in [2.75, 3.05) is 0 Å². The average Bonchev–Trinajstić information content (AvgIpc) is 3.69. The largest absolute Gasteiger partial charge is 0.456 e. The Bertz CT molecular complexity index is 2420. The summed E-state index contributed by atoms with van der Waals surface area (Å²) in [5.41, 5.74) is 16.3. The Balaban J connectivity index is 1.41. The first-order valence-electron chi connectivity index (χ1n) is 13.9. The molecule has 0 spiro atoms. The molecule has 0 radical (unpaired) electrons. The zero-order valence-corrected chi connectivity index (χ0v) is 22.1. The lowest BCUT2D eigenvalue weighted by Gasteiger charge is -2.12. The molecule has 0 atom stereocenters. The topological polar surface area (TPSA) is 57.2 Å². The van der Waals surface area contributed by atoms with Crippen LogP contribution in [-0.2, 0) is 6.54 Å². The number of hydrogen-bond acceptors (Lipinski definition) is 3. The normalized spacial score (nSPS) is 12.1. The number of rotatable bonds is 3. The SMILES string of the molecule is NCc1cccc2oc3ccc(-c4cc(-n5c6ccccc6c6ccccc65)cc5oc6ccccc6c45)cc3c12. The molecule has 0 fully saturated rings. The highest BCUT2D eigenvalue weighted by Gasteiger charge is 2.19. The van der Waals surface area contributed by atoms with Gasteiger partial charge in [0.25, 0.3) is 0 Å². The van der Waals surface area contributed by atoms with Gasteiger partial charge in [0.05, 0.1) is 16.7 Å². The van der Waals surface area contributed by atoms with Crippen molar-refractivity contribution >= 4 is 65.7 Å². The molecule has 0 unspecified atom stereocenters. The van der Waals surface area contributed by atoms with Gasteiger partial charge >= 0.3 is 0 Å². The minimum Gasteiger partial charge on any atom is -0.456 e. The number of benzene rings is 6. The highest BCUT2D eigenvalue weighted by Crippen LogP contribution is 2.42. The Morgan fingerprint density at radius 1 is 0.512 bits per heavy atom. The standard InChI is InChI=1S/C37H24N2O2/c38-21-23-8-7-15-34-36(23)29-18-22(16-17-33(29)40-34)28-19-24(20-35-37(28)27-11-3-6-14-32(27)41-35)39-30-12-4-1-9-25(30)26-10-2-5-13-31(26)39/h1-20H,21,38H2. The van der Waals surface area contributed by atoms with Crippen molar-refractivity contribution in [1.82, 2.24) is 4.57 Å². The maximum absolute atomic E-state index is 6.51. The second-order valence-corrected chi connectivity index (χ2v) is 10.6. The molecule has 0 bridgehead atoms. The first-order chi connectivity index (χ1) is 20.3. The molecule has 0 aliphatic carbocycles. The smallest absolute Gasteiger partial charge is 0.138 e. The van der Waals surface area contributed by atoms with Gasteiger partial charge in [0, 0.05) is 44.9 Å². The summed E-state index contributed by atoms with van der Waals surface area (Å²) >= 11 is 0. The Hall–Kier alpha value is -5.32. The van der Waals surface area contributed by atoms with Crippen LogP contribution in [0.3, 0.4) is 0 Å². The molecule has 0 aliphatic rings. The number of furan rings is 2. The van der Waals surface area contributed by atoms with Crippen LogP contribution < -0.4 is 5.73 Å². The van der Waals surface area contributed by atoms with E-state index in [4.69, 9.17) is 14.6 Å². The van der Waals surface area contributed by atoms with Gasteiger partial charge in [-0.2, -0.15) is 0 Å². The Kier molecular flexibility index (Phi) is 4.58. The Labute approximate surface area is 234 Å². The first-order valence-corrected chi connectivity index (χ1v) is 13.9. The first kappa shape index (κ1) is 22.5. The number of hydrogen-bond donors (Lipinski definition) is 1. The number of nitrogens with two attached hydrogens (primary N) is 1. The van der Waals surface area contributed by atoms with E-state index in [-0.39, 0.29) is 0 Å². The van der Waals surface area contributed by atoms with Crippen molar-refractivity contribution in [3.05, 3.63) is 127 Å². The molecule has 9 aromatic rings. The van der Waals surface area contributed by atoms with E-state index in [1.807, 2.05) is 24.3 Å². The van der Waals surface area contributed by atoms with Gasteiger partial charge in [-0.05, 0) is 59.2 Å². The van der Waals surface area contributed by atoms with Gasteiger partial charge < -0.3 is 19.1 Å². The predicted octanol–water partition coefficient (Wildman–Crippen LogP) is 9.71. The minimum absolute atomic E-state index is 0.454. The van der Waals surface area contributed by atoms with Crippen LogP contribution in [0.1, 0.15) is 5.56 Å². The molecule has 4 nitrogen and oxygen atoms in total. The quantitative estimate of drug-likeness (QED) is 0.248. The molecule has 6 aromatic carbocycles. The Morgan fingerprint density at radius 3 is 1.95 bits per heavy atom. The van der Waals surface area contributed by atoms with Crippen molar-refractivity contribution in [2.24, 2.45) is 5.73 Å². The molecule has 9 rings (SSSR count). The van der Waals surface area contributed by atoms with Crippen LogP contribution in [0.4, 0.5) is 0 Å². The maximum Gasteiger partial charge on any atom is 0.138 e. The molecule has 41 heavy (non-hydrogen) atoms. The van der Waals surface area contributed by atoms with E-state index in [1.165, 1.54) is 21.8 Å². The summed E-state index contributed by atoms with van der Waals surface area (Å²) < 4.78 is 15.1. The monoisotopic (exact) mass is 528 g/mol. The second-order valence-electron chi connectivity index (χ2n) is 10.6. The van der Waals surface area contributed by atoms with E-state index < -0.39 is 0 Å². The Morgan fingerprint density at radius 2 is 1.17 bits per heavy atom. The zero-order chi connectivity index (χ0) is 27.1. The summed E-state index contributed by atoms with van der Waals surface area (Å²) in [6, 6.07) is 42.5. The van der Waals surface area contributed by atoms with Gasteiger partial charge in [0.2, 0.25) is 0 Å². The van der Waals surface area contributed by atoms with Gasteiger partial charge in [-0.15, -0.1) is 0 Å². The number of nitrogens with zero attached hydrogens (tertiary/aromatic N) is 1. The van der Waals surface area contributed by atoms with Crippen LogP contribution in [0.2, 0.25) is 0 Å². The van der Waals surface area contributed by atoms with E-state index in [0.29, 0.717) is 6.54 Å². The molecule has 0 amide bonds. The molecule has 3 heterocycles. The van der Waals surface area contributed by atoms with Gasteiger partial charge in [-0.1, -0.05) is 72.8 Å². The number of aromatic nitrogens is 1. The van der Waals surface area contributed by atoms with E-state index in [0.717, 1.165) is 66.3 Å². The summed E-state index contributed by atoms with van der Waals surface area (Å²) in [4.78, 5) is 0. The molecule has 2 N–H and O–H groups in total. The van der Waals surface area contributed by atoms with E-state index in [1.54, 1.807) is 0 Å². The predicted molar refractivity (Wildman–Crippen MR) is 169 cm³/mol. The van der Waals surface area contributed by atoms with Gasteiger partial charge in [0.1, 0.15) is 22.3 Å². The minimum atomic E-state index is 0.454. The number of para-hydroxylation sites is 3. The van der Waals surface area contributed by atoms with Crippen molar-refractivity contribution in [3.63, 3.8) is 0 Å². The average molecular weight is 529 g/mol. The third kappa shape index (κ3) is 3.14. The summed E-state index contributed by atoms with van der Waals surface area (Å²) in [5, 5.41) is 6.83. The maximum atomic E-state index is 6.51. The van der Waals surface area contributed by atoms with E-state index in [9.17, 15) is 0 Å². The second kappa shape index (κ2) is 8.34. The third-order valence-corrected chi connectivity index (χ3v) is 8.41. The van der Waals surface area contributed by atoms with Crippen LogP contribution in [0.25, 0.3) is 82.5 Å². The van der Waals surface area contributed by atoms with E-state index >= 15 is 0 Å². The summed E-state index contributed by atoms with van der Waals surface area (Å²) in [7, 11) is 0. The van der Waals surface area contributed by atoms with Crippen LogP contribution in [-0.4, -0.2) is 4.57 Å². The molecular formula is C37H24N2O2. The molecular weight excluding hydrogens is 504 g/mol. The van der Waals surface area contributed by atoms with Crippen LogP contribution in [0.5, 0.6) is 0 Å². The summed E-state index contributed by atoms with van der Waals surface area (Å²) in [5.74, 6) is 0. The third-order valence-electron chi connectivity index (χ3n) is 8.41. The fourth-order valence-corrected chi connectivity index (χ4v) is 6.64. The number of fused-ring (bicyclic) bond motifs is 9. The molecule has 0 saturated heterocycles. The molecule has 0 aliphatic heterocycles. The summed E-state index contributed by atoms with van der Waals surface area (Å²) in [6.07, 6.45) is 0. The zero-order valence-electron chi connectivity index (χ0n) is 22.1. The fourth-order valence-electron chi connectivity index (χ4n) is 6.64. The molecule has 0 saturated carbocycles. The molecule has 194 valence electrons. The van der Waals surface area contributed by atoms with Crippen molar-refractivity contribution in [3.8, 4) is 16.8 Å². The van der Waals surface area contributed by atoms with Crippen molar-refractivity contribution in [1.29, 1.82) is 0 Å². The summed E-state index contributed by atoms with van der Waals surface area (Å²) in [6.45, 7) is 0.454. The highest BCUT2D eigenvalue weighted by atomic mass is 16.3. The van der Waals surface area contributed by atoms with E-state index in [2.05, 4.69) is 102 Å². The van der Waals surface area contributed by atoms with Gasteiger partial charge in [0.15, 0.2) is 0 Å². The van der Waals surface area contributed by atoms with Gasteiger partial charge in [-0.3, -0.25) is 0 Å². The van der Waals surface area contributed by atoms with Crippen molar-refractivity contribution in [2.45, 2.75) is 6.54 Å². The highest BCUT2D eigenvalue weighted by molar-refractivity contribution is 6.16. The van der Waals surface area contributed by atoms with Gasteiger partial charge in [-0.25, -0.2) is 0 Å². The lowest BCUT2D eigenvalue weighted by atomic mass is 9.96. The van der Waals surface area contributed by atoms with Crippen LogP contribution in [0.15, 0.2) is 130 Å². The lowest BCUT2D eigenvalue weighted by molar-refractivity contribution is 0.668. The molecule has 3 aromatic heterocycles.